The summed E-state index contributed by atoms with van der Waals surface area (Å²) in [4.78, 5) is 13.6. The lowest BCUT2D eigenvalue weighted by molar-refractivity contribution is -0.142. The number of likely N-dealkylation sites (tertiary alicyclic amines) is 1. The third kappa shape index (κ3) is 2.64. The summed E-state index contributed by atoms with van der Waals surface area (Å²) in [7, 11) is 0. The van der Waals surface area contributed by atoms with Crippen molar-refractivity contribution in [3.63, 3.8) is 0 Å². The molecule has 2 heterocycles. The number of phenolic OH excluding ortho intramolecular Hbond substituents is 1. The van der Waals surface area contributed by atoms with Crippen molar-refractivity contribution in [3.05, 3.63) is 42.0 Å². The molecular weight excluding hydrogens is 346 g/mol. The van der Waals surface area contributed by atoms with E-state index in [-0.39, 0.29) is 12.5 Å². The Bertz CT molecular complexity index is 1080. The lowest BCUT2D eigenvalue weighted by atomic mass is 9.96. The maximum atomic E-state index is 11.5. The van der Waals surface area contributed by atoms with Crippen LogP contribution in [0.15, 0.2) is 36.4 Å². The van der Waals surface area contributed by atoms with E-state index in [1.165, 1.54) is 0 Å². The molecule has 5 rings (SSSR count). The normalized spacial score (nSPS) is 19.2. The van der Waals surface area contributed by atoms with Gasteiger partial charge in [-0.3, -0.25) is 9.69 Å². The Labute approximate surface area is 155 Å². The van der Waals surface area contributed by atoms with Gasteiger partial charge in [0.15, 0.2) is 11.5 Å². The van der Waals surface area contributed by atoms with Crippen molar-refractivity contribution in [1.29, 1.82) is 0 Å². The summed E-state index contributed by atoms with van der Waals surface area (Å²) in [6.07, 6.45) is 1.57. The van der Waals surface area contributed by atoms with Gasteiger partial charge in [-0.1, -0.05) is 6.07 Å². The SMILES string of the molecule is O=C(O)[C@@H]1CCCN1Cc1cc2cc3c(cc2c2cc(O)ccc12)OCO3. The first kappa shape index (κ1) is 16.2. The molecule has 138 valence electrons. The van der Waals surface area contributed by atoms with E-state index in [1.54, 1.807) is 12.1 Å². The van der Waals surface area contributed by atoms with E-state index < -0.39 is 12.0 Å². The molecule has 0 aromatic heterocycles. The number of aliphatic carboxylic acids is 1. The largest absolute Gasteiger partial charge is 0.508 e. The van der Waals surface area contributed by atoms with Crippen LogP contribution >= 0.6 is 0 Å². The lowest BCUT2D eigenvalue weighted by Gasteiger charge is -2.22. The van der Waals surface area contributed by atoms with Crippen LogP contribution in [0.5, 0.6) is 17.2 Å². The summed E-state index contributed by atoms with van der Waals surface area (Å²) in [5.41, 5.74) is 1.05. The van der Waals surface area contributed by atoms with Gasteiger partial charge in [-0.2, -0.15) is 0 Å². The molecule has 0 radical (unpaired) electrons. The number of phenols is 1. The second kappa shape index (κ2) is 6.03. The monoisotopic (exact) mass is 365 g/mol. The van der Waals surface area contributed by atoms with E-state index in [0.717, 1.165) is 40.1 Å². The number of carboxylic acids is 1. The van der Waals surface area contributed by atoms with Gasteiger partial charge in [-0.15, -0.1) is 0 Å². The number of benzene rings is 3. The number of hydrogen-bond acceptors (Lipinski definition) is 5. The molecule has 2 aliphatic heterocycles. The third-order valence-corrected chi connectivity index (χ3v) is 5.54. The van der Waals surface area contributed by atoms with Crippen LogP contribution in [0.2, 0.25) is 0 Å². The highest BCUT2D eigenvalue weighted by Crippen LogP contribution is 2.40. The van der Waals surface area contributed by atoms with Crippen molar-refractivity contribution >= 4 is 27.5 Å². The van der Waals surface area contributed by atoms with Gasteiger partial charge in [0.2, 0.25) is 6.79 Å². The number of ether oxygens (including phenoxy) is 2. The van der Waals surface area contributed by atoms with Crippen LogP contribution in [0.25, 0.3) is 21.5 Å². The lowest BCUT2D eigenvalue weighted by Crippen LogP contribution is -2.35. The van der Waals surface area contributed by atoms with Gasteiger partial charge in [0.1, 0.15) is 11.8 Å². The molecule has 0 amide bonds. The summed E-state index contributed by atoms with van der Waals surface area (Å²) in [5, 5.41) is 23.4. The summed E-state index contributed by atoms with van der Waals surface area (Å²) < 4.78 is 11.0. The predicted octanol–water partition coefficient (Wildman–Crippen LogP) is 3.48. The zero-order chi connectivity index (χ0) is 18.5. The molecule has 1 saturated heterocycles. The molecule has 2 N–H and O–H groups in total. The molecule has 6 heteroatoms. The fraction of sp³-hybridized carbons (Fsp3) is 0.286. The summed E-state index contributed by atoms with van der Waals surface area (Å²) >= 11 is 0. The number of carboxylic acid groups (broad SMARTS) is 1. The van der Waals surface area contributed by atoms with Crippen LogP contribution in [-0.4, -0.2) is 40.5 Å². The standard InChI is InChI=1S/C21H19NO5/c23-14-3-4-15-13(10-22-5-1-2-18(22)21(24)25)6-12-7-19-20(27-11-26-19)9-16(12)17(15)8-14/h3-4,6-9,18,23H,1-2,5,10-11H2,(H,24,25)/t18-/m0/s1. The maximum Gasteiger partial charge on any atom is 0.320 e. The Morgan fingerprint density at radius 2 is 1.89 bits per heavy atom. The zero-order valence-corrected chi connectivity index (χ0v) is 14.6. The van der Waals surface area contributed by atoms with Crippen molar-refractivity contribution in [2.75, 3.05) is 13.3 Å². The molecule has 0 saturated carbocycles. The maximum absolute atomic E-state index is 11.5. The van der Waals surface area contributed by atoms with Gasteiger partial charge in [-0.05, 0) is 76.8 Å². The molecule has 0 bridgehead atoms. The Kier molecular flexibility index (Phi) is 3.62. The van der Waals surface area contributed by atoms with Crippen LogP contribution in [0.3, 0.4) is 0 Å². The summed E-state index contributed by atoms with van der Waals surface area (Å²) in [6.45, 7) is 1.54. The molecule has 2 aliphatic rings. The fourth-order valence-electron chi connectivity index (χ4n) is 4.26. The minimum atomic E-state index is -0.765. The second-order valence-electron chi connectivity index (χ2n) is 7.16. The van der Waals surface area contributed by atoms with Crippen LogP contribution in [-0.2, 0) is 11.3 Å². The molecule has 1 fully saturated rings. The first-order chi connectivity index (χ1) is 13.1. The van der Waals surface area contributed by atoms with Crippen molar-refractivity contribution in [3.8, 4) is 17.2 Å². The van der Waals surface area contributed by atoms with Gasteiger partial charge in [0.05, 0.1) is 0 Å². The quantitative estimate of drug-likeness (QED) is 0.692. The minimum absolute atomic E-state index is 0.197. The van der Waals surface area contributed by atoms with Crippen molar-refractivity contribution < 1.29 is 24.5 Å². The van der Waals surface area contributed by atoms with Crippen LogP contribution in [0, 0.1) is 0 Å². The van der Waals surface area contributed by atoms with Gasteiger partial charge in [0, 0.05) is 6.54 Å². The Balaban J connectivity index is 1.69. The van der Waals surface area contributed by atoms with Crippen LogP contribution in [0.4, 0.5) is 0 Å². The molecular formula is C21H19NO5. The van der Waals surface area contributed by atoms with E-state index in [0.29, 0.717) is 24.5 Å². The van der Waals surface area contributed by atoms with E-state index >= 15 is 0 Å². The Morgan fingerprint density at radius 1 is 1.07 bits per heavy atom. The van der Waals surface area contributed by atoms with Gasteiger partial charge >= 0.3 is 5.97 Å². The number of carbonyl (C=O) groups is 1. The van der Waals surface area contributed by atoms with Crippen LogP contribution in [0.1, 0.15) is 18.4 Å². The van der Waals surface area contributed by atoms with E-state index in [2.05, 4.69) is 6.07 Å². The average Bonchev–Trinajstić information content (AvgIpc) is 3.28. The Morgan fingerprint density at radius 3 is 2.70 bits per heavy atom. The molecule has 0 aliphatic carbocycles. The van der Waals surface area contributed by atoms with E-state index in [4.69, 9.17) is 9.47 Å². The number of aromatic hydroxyl groups is 1. The zero-order valence-electron chi connectivity index (χ0n) is 14.6. The summed E-state index contributed by atoms with van der Waals surface area (Å²) in [6, 6.07) is 10.9. The molecule has 6 nitrogen and oxygen atoms in total. The number of nitrogens with zero attached hydrogens (tertiary/aromatic N) is 1. The fourth-order valence-corrected chi connectivity index (χ4v) is 4.26. The van der Waals surface area contributed by atoms with Gasteiger partial charge < -0.3 is 19.7 Å². The smallest absolute Gasteiger partial charge is 0.320 e. The van der Waals surface area contributed by atoms with Crippen molar-refractivity contribution in [2.24, 2.45) is 0 Å². The molecule has 1 atom stereocenters. The van der Waals surface area contributed by atoms with Crippen LogP contribution < -0.4 is 9.47 Å². The number of fused-ring (bicyclic) bond motifs is 4. The van der Waals surface area contributed by atoms with Gasteiger partial charge in [-0.25, -0.2) is 0 Å². The minimum Gasteiger partial charge on any atom is -0.508 e. The highest BCUT2D eigenvalue weighted by molar-refractivity contribution is 6.10. The van der Waals surface area contributed by atoms with E-state index in [1.807, 2.05) is 23.1 Å². The Hall–Kier alpha value is -2.99. The second-order valence-corrected chi connectivity index (χ2v) is 7.16. The third-order valence-electron chi connectivity index (χ3n) is 5.54. The number of hydrogen-bond donors (Lipinski definition) is 2. The first-order valence-corrected chi connectivity index (χ1v) is 9.05. The topological polar surface area (TPSA) is 79.2 Å². The average molecular weight is 365 g/mol. The first-order valence-electron chi connectivity index (χ1n) is 9.05. The van der Waals surface area contributed by atoms with Gasteiger partial charge in [0.25, 0.3) is 0 Å². The molecule has 3 aromatic rings. The number of rotatable bonds is 3. The molecule has 0 spiro atoms. The highest BCUT2D eigenvalue weighted by atomic mass is 16.7. The highest BCUT2D eigenvalue weighted by Gasteiger charge is 2.30. The summed E-state index contributed by atoms with van der Waals surface area (Å²) in [5.74, 6) is 0.838. The molecule has 0 unspecified atom stereocenters. The van der Waals surface area contributed by atoms with E-state index in [9.17, 15) is 15.0 Å². The van der Waals surface area contributed by atoms with Crippen molar-refractivity contribution in [1.82, 2.24) is 4.90 Å². The molecule has 3 aromatic carbocycles. The van der Waals surface area contributed by atoms with Crippen molar-refractivity contribution in [2.45, 2.75) is 25.4 Å². The predicted molar refractivity (Wildman–Crippen MR) is 100 cm³/mol. The molecule has 27 heavy (non-hydrogen) atoms.